The van der Waals surface area contributed by atoms with Gasteiger partial charge in [-0.05, 0) is 26.1 Å². The number of hydrogen-bond donors (Lipinski definition) is 1. The summed E-state index contributed by atoms with van der Waals surface area (Å²) in [5, 5.41) is 2.99. The summed E-state index contributed by atoms with van der Waals surface area (Å²) in [7, 11) is 0.154. The Balaban J connectivity index is 2.37. The van der Waals surface area contributed by atoms with E-state index in [0.717, 1.165) is 13.1 Å². The van der Waals surface area contributed by atoms with Gasteiger partial charge in [-0.25, -0.2) is 13.4 Å². The van der Waals surface area contributed by atoms with E-state index in [0.29, 0.717) is 12.2 Å². The van der Waals surface area contributed by atoms with Gasteiger partial charge in [-0.15, -0.1) is 0 Å². The predicted octanol–water partition coefficient (Wildman–Crippen LogP) is 0.448. The molecule has 1 atom stereocenters. The molecule has 2 rings (SSSR count). The summed E-state index contributed by atoms with van der Waals surface area (Å²) in [6, 6.07) is 3.40. The number of sulfonamides is 1. The molecule has 106 valence electrons. The van der Waals surface area contributed by atoms with Crippen LogP contribution in [0.2, 0.25) is 0 Å². The Morgan fingerprint density at radius 3 is 2.79 bits per heavy atom. The van der Waals surface area contributed by atoms with Gasteiger partial charge in [0.1, 0.15) is 0 Å². The maximum Gasteiger partial charge on any atom is 0.262 e. The molecule has 0 aromatic carbocycles. The molecule has 0 bridgehead atoms. The fourth-order valence-electron chi connectivity index (χ4n) is 2.38. The molecule has 0 aliphatic carbocycles. The van der Waals surface area contributed by atoms with Crippen LogP contribution >= 0.6 is 0 Å². The maximum atomic E-state index is 12.7. The first-order chi connectivity index (χ1) is 8.96. The van der Waals surface area contributed by atoms with E-state index in [1.54, 1.807) is 19.2 Å². The highest BCUT2D eigenvalue weighted by molar-refractivity contribution is 7.89. The molecular weight excluding hydrogens is 264 g/mol. The van der Waals surface area contributed by atoms with Crippen molar-refractivity contribution in [2.24, 2.45) is 0 Å². The van der Waals surface area contributed by atoms with Crippen LogP contribution < -0.4 is 5.32 Å². The lowest BCUT2D eigenvalue weighted by Gasteiger charge is -2.37. The van der Waals surface area contributed by atoms with Gasteiger partial charge in [0.25, 0.3) is 10.0 Å². The third kappa shape index (κ3) is 2.72. The molecule has 0 saturated carbocycles. The standard InChI is InChI=1S/C12H20N4O2S/c1-10-9-15(3)7-8-16(10)19(17,18)12-11(13-2)5-4-6-14-12/h4-6,10,13H,7-9H2,1-3H3. The van der Waals surface area contributed by atoms with E-state index >= 15 is 0 Å². The van der Waals surface area contributed by atoms with E-state index in [-0.39, 0.29) is 11.1 Å². The van der Waals surface area contributed by atoms with Crippen molar-refractivity contribution in [1.82, 2.24) is 14.2 Å². The average molecular weight is 284 g/mol. The Hall–Kier alpha value is -1.18. The number of nitrogens with one attached hydrogen (secondary N) is 1. The van der Waals surface area contributed by atoms with Crippen molar-refractivity contribution in [3.63, 3.8) is 0 Å². The minimum Gasteiger partial charge on any atom is -0.386 e. The highest BCUT2D eigenvalue weighted by Gasteiger charge is 2.34. The number of anilines is 1. The molecule has 7 heteroatoms. The summed E-state index contributed by atoms with van der Waals surface area (Å²) >= 11 is 0. The first kappa shape index (κ1) is 14.2. The normalized spacial score (nSPS) is 22.4. The van der Waals surface area contributed by atoms with Gasteiger partial charge >= 0.3 is 0 Å². The number of piperazine rings is 1. The summed E-state index contributed by atoms with van der Waals surface area (Å²) < 4.78 is 26.9. The summed E-state index contributed by atoms with van der Waals surface area (Å²) in [4.78, 5) is 6.18. The van der Waals surface area contributed by atoms with Crippen molar-refractivity contribution in [1.29, 1.82) is 0 Å². The van der Waals surface area contributed by atoms with E-state index < -0.39 is 10.0 Å². The molecule has 1 saturated heterocycles. The molecule has 1 aromatic rings. The third-order valence-electron chi connectivity index (χ3n) is 3.36. The van der Waals surface area contributed by atoms with Gasteiger partial charge < -0.3 is 10.2 Å². The number of nitrogens with zero attached hydrogens (tertiary/aromatic N) is 3. The SMILES string of the molecule is CNc1cccnc1S(=O)(=O)N1CCN(C)CC1C. The zero-order valence-electron chi connectivity index (χ0n) is 11.5. The molecule has 1 unspecified atom stereocenters. The molecule has 0 spiro atoms. The van der Waals surface area contributed by atoms with Gasteiger partial charge in [0, 0.05) is 38.9 Å². The van der Waals surface area contributed by atoms with Crippen LogP contribution in [0.15, 0.2) is 23.4 Å². The zero-order chi connectivity index (χ0) is 14.0. The van der Waals surface area contributed by atoms with E-state index in [4.69, 9.17) is 0 Å². The number of aromatic nitrogens is 1. The average Bonchev–Trinajstić information content (AvgIpc) is 2.38. The molecule has 1 N–H and O–H groups in total. The van der Waals surface area contributed by atoms with Crippen LogP contribution in [0.4, 0.5) is 5.69 Å². The molecular formula is C12H20N4O2S. The number of rotatable bonds is 3. The van der Waals surface area contributed by atoms with Gasteiger partial charge in [0.15, 0.2) is 5.03 Å². The van der Waals surface area contributed by atoms with Crippen molar-refractivity contribution >= 4 is 15.7 Å². The molecule has 19 heavy (non-hydrogen) atoms. The van der Waals surface area contributed by atoms with E-state index in [9.17, 15) is 8.42 Å². The van der Waals surface area contributed by atoms with Crippen LogP contribution in [-0.4, -0.2) is 62.4 Å². The minimum atomic E-state index is -3.54. The largest absolute Gasteiger partial charge is 0.386 e. The second kappa shape index (κ2) is 5.44. The Bertz CT molecular complexity index is 546. The van der Waals surface area contributed by atoms with E-state index in [2.05, 4.69) is 15.2 Å². The summed E-state index contributed by atoms with van der Waals surface area (Å²) in [5.74, 6) is 0. The molecule has 0 radical (unpaired) electrons. The molecule has 6 nitrogen and oxygen atoms in total. The smallest absolute Gasteiger partial charge is 0.262 e. The Morgan fingerprint density at radius 1 is 1.42 bits per heavy atom. The fraction of sp³-hybridized carbons (Fsp3) is 0.583. The quantitative estimate of drug-likeness (QED) is 0.873. The molecule has 1 aliphatic rings. The highest BCUT2D eigenvalue weighted by Crippen LogP contribution is 2.24. The number of hydrogen-bond acceptors (Lipinski definition) is 5. The molecule has 2 heterocycles. The number of likely N-dealkylation sites (N-methyl/N-ethyl adjacent to an activating group) is 1. The first-order valence-electron chi connectivity index (χ1n) is 6.30. The van der Waals surface area contributed by atoms with Gasteiger partial charge in [0.2, 0.25) is 0 Å². The number of pyridine rings is 1. The summed E-state index contributed by atoms with van der Waals surface area (Å²) in [6.45, 7) is 3.90. The lowest BCUT2D eigenvalue weighted by atomic mass is 10.2. The Kier molecular flexibility index (Phi) is 4.07. The van der Waals surface area contributed by atoms with E-state index in [1.807, 2.05) is 14.0 Å². The first-order valence-corrected chi connectivity index (χ1v) is 7.74. The molecule has 1 aliphatic heterocycles. The van der Waals surface area contributed by atoms with Crippen LogP contribution in [0.5, 0.6) is 0 Å². The molecule has 1 fully saturated rings. The lowest BCUT2D eigenvalue weighted by Crippen LogP contribution is -2.52. The highest BCUT2D eigenvalue weighted by atomic mass is 32.2. The van der Waals surface area contributed by atoms with Crippen LogP contribution in [0.25, 0.3) is 0 Å². The van der Waals surface area contributed by atoms with Crippen LogP contribution in [-0.2, 0) is 10.0 Å². The fourth-order valence-corrected chi connectivity index (χ4v) is 4.10. The van der Waals surface area contributed by atoms with Gasteiger partial charge in [-0.3, -0.25) is 0 Å². The summed E-state index contributed by atoms with van der Waals surface area (Å²) in [5.41, 5.74) is 0.536. The monoisotopic (exact) mass is 284 g/mol. The van der Waals surface area contributed by atoms with Crippen LogP contribution in [0.3, 0.4) is 0 Å². The van der Waals surface area contributed by atoms with Crippen LogP contribution in [0, 0.1) is 0 Å². The molecule has 0 amide bonds. The van der Waals surface area contributed by atoms with Crippen molar-refractivity contribution in [3.05, 3.63) is 18.3 Å². The Labute approximate surface area is 114 Å². The third-order valence-corrected chi connectivity index (χ3v) is 5.34. The van der Waals surface area contributed by atoms with Crippen molar-refractivity contribution < 1.29 is 8.42 Å². The minimum absolute atomic E-state index is 0.0459. The van der Waals surface area contributed by atoms with E-state index in [1.165, 1.54) is 10.5 Å². The van der Waals surface area contributed by atoms with Crippen molar-refractivity contribution in [2.45, 2.75) is 18.0 Å². The lowest BCUT2D eigenvalue weighted by molar-refractivity contribution is 0.170. The topological polar surface area (TPSA) is 65.5 Å². The molecule has 1 aromatic heterocycles. The maximum absolute atomic E-state index is 12.7. The zero-order valence-corrected chi connectivity index (χ0v) is 12.3. The Morgan fingerprint density at radius 2 is 2.16 bits per heavy atom. The summed E-state index contributed by atoms with van der Waals surface area (Å²) in [6.07, 6.45) is 1.51. The second-order valence-electron chi connectivity index (χ2n) is 4.83. The van der Waals surface area contributed by atoms with Crippen LogP contribution in [0.1, 0.15) is 6.92 Å². The van der Waals surface area contributed by atoms with Crippen molar-refractivity contribution in [2.75, 3.05) is 39.0 Å². The van der Waals surface area contributed by atoms with Crippen molar-refractivity contribution in [3.8, 4) is 0 Å². The second-order valence-corrected chi connectivity index (χ2v) is 6.64. The van der Waals surface area contributed by atoms with Gasteiger partial charge in [-0.1, -0.05) is 0 Å². The van der Waals surface area contributed by atoms with Gasteiger partial charge in [-0.2, -0.15) is 4.31 Å². The van der Waals surface area contributed by atoms with Gasteiger partial charge in [0.05, 0.1) is 5.69 Å². The predicted molar refractivity (Wildman–Crippen MR) is 74.6 cm³/mol.